The highest BCUT2D eigenvalue weighted by Crippen LogP contribution is 2.00. The van der Waals surface area contributed by atoms with E-state index < -0.39 is 6.67 Å². The average Bonchev–Trinajstić information content (AvgIpc) is 2.62. The normalized spacial score (nSPS) is 10.7. The molecule has 6 nitrogen and oxygen atoms in total. The third kappa shape index (κ3) is 11.1. The SMILES string of the molecule is O=C(OCCOCCOCCOCCOCCF)c1ccccc1. The molecule has 1 rings (SSSR count). The van der Waals surface area contributed by atoms with Gasteiger partial charge in [0, 0.05) is 0 Å². The molecule has 0 fully saturated rings. The first-order chi connectivity index (χ1) is 11.8. The van der Waals surface area contributed by atoms with E-state index in [1.165, 1.54) is 0 Å². The second-order valence-corrected chi connectivity index (χ2v) is 4.64. The van der Waals surface area contributed by atoms with Gasteiger partial charge in [-0.1, -0.05) is 18.2 Å². The maximum atomic E-state index is 11.7. The Morgan fingerprint density at radius 2 is 1.17 bits per heavy atom. The van der Waals surface area contributed by atoms with Crippen LogP contribution in [0.3, 0.4) is 0 Å². The van der Waals surface area contributed by atoms with Crippen molar-refractivity contribution >= 4 is 5.97 Å². The number of rotatable bonds is 15. The number of esters is 1. The Morgan fingerprint density at radius 1 is 0.708 bits per heavy atom. The number of carbonyl (C=O) groups excluding carboxylic acids is 1. The van der Waals surface area contributed by atoms with Crippen molar-refractivity contribution in [3.8, 4) is 0 Å². The van der Waals surface area contributed by atoms with E-state index in [1.54, 1.807) is 24.3 Å². The summed E-state index contributed by atoms with van der Waals surface area (Å²) < 4.78 is 37.5. The molecule has 0 saturated heterocycles. The molecule has 0 atom stereocenters. The molecule has 0 aliphatic carbocycles. The van der Waals surface area contributed by atoms with Gasteiger partial charge in [-0.05, 0) is 12.1 Å². The van der Waals surface area contributed by atoms with Crippen molar-refractivity contribution in [1.29, 1.82) is 0 Å². The van der Waals surface area contributed by atoms with Crippen LogP contribution < -0.4 is 0 Å². The Morgan fingerprint density at radius 3 is 1.67 bits per heavy atom. The second kappa shape index (κ2) is 15.0. The van der Waals surface area contributed by atoms with Crippen LogP contribution in [0.5, 0.6) is 0 Å². The Hall–Kier alpha value is -1.54. The first-order valence-corrected chi connectivity index (χ1v) is 7.93. The van der Waals surface area contributed by atoms with Gasteiger partial charge >= 0.3 is 5.97 Å². The average molecular weight is 344 g/mol. The van der Waals surface area contributed by atoms with Crippen molar-refractivity contribution in [2.45, 2.75) is 0 Å². The van der Waals surface area contributed by atoms with Gasteiger partial charge in [0.2, 0.25) is 0 Å². The van der Waals surface area contributed by atoms with E-state index in [2.05, 4.69) is 0 Å². The van der Waals surface area contributed by atoms with E-state index in [1.807, 2.05) is 6.07 Å². The van der Waals surface area contributed by atoms with Gasteiger partial charge in [-0.2, -0.15) is 0 Å². The van der Waals surface area contributed by atoms with Crippen LogP contribution in [0.2, 0.25) is 0 Å². The van der Waals surface area contributed by atoms with Crippen molar-refractivity contribution in [3.63, 3.8) is 0 Å². The lowest BCUT2D eigenvalue weighted by Gasteiger charge is -2.07. The van der Waals surface area contributed by atoms with Crippen LogP contribution in [0.4, 0.5) is 4.39 Å². The van der Waals surface area contributed by atoms with Gasteiger partial charge in [0.05, 0.1) is 58.4 Å². The molecule has 136 valence electrons. The molecule has 0 radical (unpaired) electrons. The Balaban J connectivity index is 1.80. The predicted octanol–water partition coefficient (Wildman–Crippen LogP) is 1.88. The summed E-state index contributed by atoms with van der Waals surface area (Å²) in [5.41, 5.74) is 0.524. The lowest BCUT2D eigenvalue weighted by Crippen LogP contribution is -2.14. The Labute approximate surface area is 141 Å². The highest BCUT2D eigenvalue weighted by molar-refractivity contribution is 5.89. The predicted molar refractivity (Wildman–Crippen MR) is 86.0 cm³/mol. The van der Waals surface area contributed by atoms with Crippen LogP contribution >= 0.6 is 0 Å². The van der Waals surface area contributed by atoms with E-state index in [4.69, 9.17) is 23.7 Å². The minimum Gasteiger partial charge on any atom is -0.460 e. The number of hydrogen-bond donors (Lipinski definition) is 0. The monoisotopic (exact) mass is 344 g/mol. The zero-order chi connectivity index (χ0) is 17.3. The van der Waals surface area contributed by atoms with Crippen LogP contribution in [0, 0.1) is 0 Å². The van der Waals surface area contributed by atoms with Crippen LogP contribution in [-0.2, 0) is 23.7 Å². The third-order valence-corrected chi connectivity index (χ3v) is 2.81. The van der Waals surface area contributed by atoms with Gasteiger partial charge < -0.3 is 23.7 Å². The van der Waals surface area contributed by atoms with Crippen molar-refractivity contribution in [3.05, 3.63) is 35.9 Å². The number of alkyl halides is 1. The second-order valence-electron chi connectivity index (χ2n) is 4.64. The maximum absolute atomic E-state index is 11.7. The molecule has 0 aliphatic rings. The Bertz CT molecular complexity index is 415. The summed E-state index contributed by atoms with van der Waals surface area (Å²) in [5, 5.41) is 0. The molecule has 0 heterocycles. The van der Waals surface area contributed by atoms with E-state index in [9.17, 15) is 9.18 Å². The number of halogens is 1. The fourth-order valence-corrected chi connectivity index (χ4v) is 1.67. The number of hydrogen-bond acceptors (Lipinski definition) is 6. The topological polar surface area (TPSA) is 63.2 Å². The zero-order valence-corrected chi connectivity index (χ0v) is 13.8. The Kier molecular flexibility index (Phi) is 12.8. The zero-order valence-electron chi connectivity index (χ0n) is 13.8. The largest absolute Gasteiger partial charge is 0.460 e. The molecule has 0 saturated carbocycles. The van der Waals surface area contributed by atoms with Crippen LogP contribution in [-0.4, -0.2) is 72.1 Å². The van der Waals surface area contributed by atoms with Crippen molar-refractivity contribution in [2.75, 3.05) is 66.1 Å². The van der Waals surface area contributed by atoms with Gasteiger partial charge in [-0.25, -0.2) is 9.18 Å². The molecule has 0 bridgehead atoms. The molecule has 0 aliphatic heterocycles. The van der Waals surface area contributed by atoms with Crippen molar-refractivity contribution < 1.29 is 32.9 Å². The molecule has 0 unspecified atom stereocenters. The van der Waals surface area contributed by atoms with E-state index >= 15 is 0 Å². The van der Waals surface area contributed by atoms with Crippen LogP contribution in [0.1, 0.15) is 10.4 Å². The minimum absolute atomic E-state index is 0.109. The molecule has 1 aromatic rings. The lowest BCUT2D eigenvalue weighted by molar-refractivity contribution is -0.00967. The summed E-state index contributed by atoms with van der Waals surface area (Å²) in [5.74, 6) is -0.358. The summed E-state index contributed by atoms with van der Waals surface area (Å²) in [6.45, 7) is 2.73. The van der Waals surface area contributed by atoms with Crippen molar-refractivity contribution in [2.24, 2.45) is 0 Å². The summed E-state index contributed by atoms with van der Waals surface area (Å²) in [6, 6.07) is 8.81. The van der Waals surface area contributed by atoms with E-state index in [0.29, 0.717) is 51.8 Å². The van der Waals surface area contributed by atoms with Crippen LogP contribution in [0.25, 0.3) is 0 Å². The van der Waals surface area contributed by atoms with Gasteiger partial charge in [-0.3, -0.25) is 0 Å². The number of carbonyl (C=O) groups is 1. The molecular weight excluding hydrogens is 319 g/mol. The quantitative estimate of drug-likeness (QED) is 0.358. The van der Waals surface area contributed by atoms with Gasteiger partial charge in [0.25, 0.3) is 0 Å². The molecule has 0 spiro atoms. The highest BCUT2D eigenvalue weighted by Gasteiger charge is 2.04. The smallest absolute Gasteiger partial charge is 0.338 e. The minimum atomic E-state index is -0.478. The van der Waals surface area contributed by atoms with Gasteiger partial charge in [-0.15, -0.1) is 0 Å². The first kappa shape index (κ1) is 20.5. The molecule has 1 aromatic carbocycles. The lowest BCUT2D eigenvalue weighted by atomic mass is 10.2. The summed E-state index contributed by atoms with van der Waals surface area (Å²) in [7, 11) is 0. The fourth-order valence-electron chi connectivity index (χ4n) is 1.67. The summed E-state index contributed by atoms with van der Waals surface area (Å²) >= 11 is 0. The molecule has 0 aromatic heterocycles. The molecular formula is C17H25FO6. The van der Waals surface area contributed by atoms with E-state index in [-0.39, 0.29) is 19.2 Å². The highest BCUT2D eigenvalue weighted by atomic mass is 19.1. The number of ether oxygens (including phenoxy) is 5. The first-order valence-electron chi connectivity index (χ1n) is 7.93. The van der Waals surface area contributed by atoms with E-state index in [0.717, 1.165) is 0 Å². The number of benzene rings is 1. The summed E-state index contributed by atoms with van der Waals surface area (Å²) in [4.78, 5) is 11.6. The molecule has 0 N–H and O–H groups in total. The molecule has 24 heavy (non-hydrogen) atoms. The van der Waals surface area contributed by atoms with Gasteiger partial charge in [0.15, 0.2) is 0 Å². The standard InChI is InChI=1S/C17H25FO6/c18-6-7-20-8-9-21-10-11-22-12-13-23-14-15-24-17(19)16-4-2-1-3-5-16/h1-5H,6-15H2. The van der Waals surface area contributed by atoms with Gasteiger partial charge in [0.1, 0.15) is 13.3 Å². The third-order valence-electron chi connectivity index (χ3n) is 2.81. The molecule has 7 heteroatoms. The van der Waals surface area contributed by atoms with Crippen molar-refractivity contribution in [1.82, 2.24) is 0 Å². The fraction of sp³-hybridized carbons (Fsp3) is 0.588. The van der Waals surface area contributed by atoms with Crippen LogP contribution in [0.15, 0.2) is 30.3 Å². The molecule has 0 amide bonds. The maximum Gasteiger partial charge on any atom is 0.338 e. The summed E-state index contributed by atoms with van der Waals surface area (Å²) in [6.07, 6.45) is 0.